The number of amides is 3. The molecule has 1 atom stereocenters. The predicted octanol–water partition coefficient (Wildman–Crippen LogP) is 3.75. The minimum atomic E-state index is -0.437. The van der Waals surface area contributed by atoms with Gasteiger partial charge in [-0.2, -0.15) is 0 Å². The number of nitrogens with zero attached hydrogens (tertiary/aromatic N) is 3. The van der Waals surface area contributed by atoms with Crippen molar-refractivity contribution in [1.29, 1.82) is 0 Å². The van der Waals surface area contributed by atoms with Crippen LogP contribution in [0.1, 0.15) is 38.1 Å². The molecule has 0 bridgehead atoms. The Hall–Kier alpha value is -3.39. The van der Waals surface area contributed by atoms with E-state index < -0.39 is 6.09 Å². The van der Waals surface area contributed by atoms with Gasteiger partial charge in [-0.25, -0.2) is 4.79 Å². The number of nitrogens with one attached hydrogen (secondary N) is 1. The monoisotopic (exact) mass is 466 g/mol. The van der Waals surface area contributed by atoms with Crippen LogP contribution >= 0.6 is 0 Å². The van der Waals surface area contributed by atoms with E-state index in [4.69, 9.17) is 4.74 Å². The van der Waals surface area contributed by atoms with Crippen molar-refractivity contribution in [2.45, 2.75) is 39.8 Å². The Morgan fingerprint density at radius 1 is 1.06 bits per heavy atom. The Bertz CT molecular complexity index is 1050. The van der Waals surface area contributed by atoms with Gasteiger partial charge >= 0.3 is 6.09 Å². The zero-order valence-corrected chi connectivity index (χ0v) is 20.8. The van der Waals surface area contributed by atoms with Crippen molar-refractivity contribution in [3.05, 3.63) is 48.0 Å². The highest BCUT2D eigenvalue weighted by molar-refractivity contribution is 6.03. The molecule has 1 unspecified atom stereocenters. The van der Waals surface area contributed by atoms with Gasteiger partial charge in [-0.15, -0.1) is 0 Å². The van der Waals surface area contributed by atoms with Crippen LogP contribution in [0.4, 0.5) is 16.2 Å². The number of carbonyl (C=O) groups excluding carboxylic acids is 3. The molecule has 1 aliphatic rings. The molecule has 0 radical (unpaired) electrons. The second kappa shape index (κ2) is 10.7. The summed E-state index contributed by atoms with van der Waals surface area (Å²) in [6.07, 6.45) is -0.690. The van der Waals surface area contributed by atoms with Gasteiger partial charge in [0.15, 0.2) is 0 Å². The van der Waals surface area contributed by atoms with Crippen molar-refractivity contribution in [3.8, 4) is 11.1 Å². The van der Waals surface area contributed by atoms with Gasteiger partial charge in [-0.3, -0.25) is 14.5 Å². The summed E-state index contributed by atoms with van der Waals surface area (Å²) in [5, 5.41) is 2.91. The number of rotatable bonds is 6. The number of hydrogen-bond donors (Lipinski definition) is 1. The molecule has 1 N–H and O–H groups in total. The van der Waals surface area contributed by atoms with Gasteiger partial charge in [-0.05, 0) is 70.3 Å². The lowest BCUT2D eigenvalue weighted by Gasteiger charge is -2.40. The van der Waals surface area contributed by atoms with Gasteiger partial charge in [0.1, 0.15) is 0 Å². The molecule has 2 aromatic carbocycles. The fourth-order valence-electron chi connectivity index (χ4n) is 4.03. The minimum absolute atomic E-state index is 0.0805. The Morgan fingerprint density at radius 3 is 2.29 bits per heavy atom. The molecule has 34 heavy (non-hydrogen) atoms. The molecule has 8 heteroatoms. The molecule has 3 amide bonds. The standard InChI is InChI=1S/C26H34N4O4/c1-17(2)34-26(33)29-16-18(3)30(19(4)31)23-12-11-22(15-24(23)29)20-7-9-21(10-8-20)25(32)27-13-14-28(5)6/h7-12,15,17-18H,13-14,16H2,1-6H3,(H,27,32). The molecule has 0 aliphatic carbocycles. The highest BCUT2D eigenvalue weighted by Crippen LogP contribution is 2.39. The maximum Gasteiger partial charge on any atom is 0.414 e. The van der Waals surface area contributed by atoms with E-state index in [2.05, 4.69) is 5.32 Å². The van der Waals surface area contributed by atoms with E-state index in [1.54, 1.807) is 21.9 Å². The summed E-state index contributed by atoms with van der Waals surface area (Å²) in [4.78, 5) is 42.9. The van der Waals surface area contributed by atoms with Crippen LogP contribution in [0.25, 0.3) is 11.1 Å². The molecule has 2 aromatic rings. The summed E-state index contributed by atoms with van der Waals surface area (Å²) >= 11 is 0. The molecule has 0 fully saturated rings. The SMILES string of the molecule is CC(=O)N1c2ccc(-c3ccc(C(=O)NCCN(C)C)cc3)cc2N(C(=O)OC(C)C)CC1C. The van der Waals surface area contributed by atoms with Gasteiger partial charge < -0.3 is 19.9 Å². The van der Waals surface area contributed by atoms with Crippen LogP contribution in [0.3, 0.4) is 0 Å². The number of ether oxygens (including phenoxy) is 1. The third-order valence-electron chi connectivity index (χ3n) is 5.63. The van der Waals surface area contributed by atoms with Crippen LogP contribution in [0, 0.1) is 0 Å². The van der Waals surface area contributed by atoms with E-state index in [1.807, 2.05) is 70.1 Å². The number of carbonyl (C=O) groups is 3. The number of benzene rings is 2. The van der Waals surface area contributed by atoms with E-state index in [1.165, 1.54) is 6.92 Å². The Kier molecular flexibility index (Phi) is 7.94. The number of anilines is 2. The third-order valence-corrected chi connectivity index (χ3v) is 5.63. The van der Waals surface area contributed by atoms with E-state index in [0.717, 1.165) is 17.7 Å². The molecule has 8 nitrogen and oxygen atoms in total. The van der Waals surface area contributed by atoms with Crippen LogP contribution < -0.4 is 15.1 Å². The molecule has 0 saturated carbocycles. The zero-order chi connectivity index (χ0) is 25.0. The molecule has 1 heterocycles. The molecular formula is C26H34N4O4. The Morgan fingerprint density at radius 2 is 1.71 bits per heavy atom. The minimum Gasteiger partial charge on any atom is -0.446 e. The molecule has 0 aromatic heterocycles. The van der Waals surface area contributed by atoms with Crippen molar-refractivity contribution < 1.29 is 19.1 Å². The topological polar surface area (TPSA) is 82.2 Å². The summed E-state index contributed by atoms with van der Waals surface area (Å²) in [6.45, 7) is 8.74. The van der Waals surface area contributed by atoms with E-state index in [0.29, 0.717) is 30.0 Å². The fourth-order valence-corrected chi connectivity index (χ4v) is 4.03. The quantitative estimate of drug-likeness (QED) is 0.701. The van der Waals surface area contributed by atoms with Gasteiger partial charge in [0.25, 0.3) is 5.91 Å². The van der Waals surface area contributed by atoms with Crippen LogP contribution in [0.5, 0.6) is 0 Å². The Balaban J connectivity index is 1.90. The van der Waals surface area contributed by atoms with Gasteiger partial charge in [0, 0.05) is 32.1 Å². The first-order valence-corrected chi connectivity index (χ1v) is 11.5. The highest BCUT2D eigenvalue weighted by atomic mass is 16.6. The van der Waals surface area contributed by atoms with Crippen LogP contribution in [-0.2, 0) is 9.53 Å². The lowest BCUT2D eigenvalue weighted by molar-refractivity contribution is -0.117. The fraction of sp³-hybridized carbons (Fsp3) is 0.423. The number of likely N-dealkylation sites (N-methyl/N-ethyl adjacent to an activating group) is 1. The molecule has 0 spiro atoms. The average Bonchev–Trinajstić information content (AvgIpc) is 2.77. The predicted molar refractivity (Wildman–Crippen MR) is 134 cm³/mol. The van der Waals surface area contributed by atoms with E-state index >= 15 is 0 Å². The van der Waals surface area contributed by atoms with Crippen LogP contribution in [-0.4, -0.2) is 68.7 Å². The summed E-state index contributed by atoms with van der Waals surface area (Å²) in [7, 11) is 3.92. The third kappa shape index (κ3) is 5.75. The molecule has 1 aliphatic heterocycles. The van der Waals surface area contributed by atoms with E-state index in [9.17, 15) is 14.4 Å². The first-order valence-electron chi connectivity index (χ1n) is 11.5. The summed E-state index contributed by atoms with van der Waals surface area (Å²) in [5.41, 5.74) is 3.66. The first-order chi connectivity index (χ1) is 16.1. The largest absolute Gasteiger partial charge is 0.446 e. The van der Waals surface area contributed by atoms with Crippen LogP contribution in [0.15, 0.2) is 42.5 Å². The summed E-state index contributed by atoms with van der Waals surface area (Å²) < 4.78 is 5.46. The molecular weight excluding hydrogens is 432 g/mol. The summed E-state index contributed by atoms with van der Waals surface area (Å²) in [5.74, 6) is -0.199. The average molecular weight is 467 g/mol. The van der Waals surface area contributed by atoms with Gasteiger partial charge in [0.2, 0.25) is 5.91 Å². The van der Waals surface area contributed by atoms with Crippen molar-refractivity contribution in [1.82, 2.24) is 10.2 Å². The maximum absolute atomic E-state index is 12.8. The maximum atomic E-state index is 12.8. The smallest absolute Gasteiger partial charge is 0.414 e. The van der Waals surface area contributed by atoms with Crippen LogP contribution in [0.2, 0.25) is 0 Å². The van der Waals surface area contributed by atoms with Crippen molar-refractivity contribution >= 4 is 29.3 Å². The van der Waals surface area contributed by atoms with Crippen molar-refractivity contribution in [3.63, 3.8) is 0 Å². The van der Waals surface area contributed by atoms with E-state index in [-0.39, 0.29) is 24.0 Å². The molecule has 182 valence electrons. The summed E-state index contributed by atoms with van der Waals surface area (Å²) in [6, 6.07) is 12.8. The van der Waals surface area contributed by atoms with Gasteiger partial charge in [0.05, 0.1) is 23.5 Å². The second-order valence-electron chi connectivity index (χ2n) is 9.12. The molecule has 0 saturated heterocycles. The first kappa shape index (κ1) is 25.2. The number of fused-ring (bicyclic) bond motifs is 1. The van der Waals surface area contributed by atoms with Crippen molar-refractivity contribution in [2.24, 2.45) is 0 Å². The molecule has 3 rings (SSSR count). The Labute approximate surface area is 201 Å². The lowest BCUT2D eigenvalue weighted by atomic mass is 9.99. The highest BCUT2D eigenvalue weighted by Gasteiger charge is 2.34. The number of hydrogen-bond acceptors (Lipinski definition) is 5. The normalized spacial score (nSPS) is 15.4. The van der Waals surface area contributed by atoms with Crippen molar-refractivity contribution in [2.75, 3.05) is 43.5 Å². The lowest BCUT2D eigenvalue weighted by Crippen LogP contribution is -2.51. The van der Waals surface area contributed by atoms with Gasteiger partial charge in [-0.1, -0.05) is 18.2 Å². The zero-order valence-electron chi connectivity index (χ0n) is 20.8. The second-order valence-corrected chi connectivity index (χ2v) is 9.12.